The lowest BCUT2D eigenvalue weighted by Gasteiger charge is -2.33. The van der Waals surface area contributed by atoms with Gasteiger partial charge in [0, 0.05) is 26.1 Å². The lowest BCUT2D eigenvalue weighted by Crippen LogP contribution is -2.39. The van der Waals surface area contributed by atoms with Gasteiger partial charge >= 0.3 is 0 Å². The van der Waals surface area contributed by atoms with Gasteiger partial charge in [-0.25, -0.2) is 0 Å². The standard InChI is InChI=1S/C14H21N3O/c1-10-3-4-12(15)13(9-10)17-7-5-11(6-8-17)14(18)16-2/h3-4,9,11H,5-8,15H2,1-2H3,(H,16,18). The molecule has 4 heteroatoms. The molecular weight excluding hydrogens is 226 g/mol. The van der Waals surface area contributed by atoms with Crippen LogP contribution in [0.25, 0.3) is 0 Å². The van der Waals surface area contributed by atoms with Crippen LogP contribution in [0.1, 0.15) is 18.4 Å². The van der Waals surface area contributed by atoms with Gasteiger partial charge in [0.2, 0.25) is 5.91 Å². The molecular formula is C14H21N3O. The summed E-state index contributed by atoms with van der Waals surface area (Å²) >= 11 is 0. The quantitative estimate of drug-likeness (QED) is 0.779. The number of hydrogen-bond donors (Lipinski definition) is 2. The van der Waals surface area contributed by atoms with Gasteiger partial charge in [-0.2, -0.15) is 0 Å². The average molecular weight is 247 g/mol. The van der Waals surface area contributed by atoms with Gasteiger partial charge < -0.3 is 16.0 Å². The lowest BCUT2D eigenvalue weighted by molar-refractivity contribution is -0.125. The Bertz CT molecular complexity index is 437. The Balaban J connectivity index is 2.05. The number of piperidine rings is 1. The van der Waals surface area contributed by atoms with E-state index in [2.05, 4.69) is 23.2 Å². The fraction of sp³-hybridized carbons (Fsp3) is 0.500. The Morgan fingerprint density at radius 1 is 1.39 bits per heavy atom. The van der Waals surface area contributed by atoms with E-state index < -0.39 is 0 Å². The molecule has 0 saturated carbocycles. The van der Waals surface area contributed by atoms with Crippen LogP contribution in [-0.4, -0.2) is 26.0 Å². The molecule has 0 atom stereocenters. The zero-order valence-corrected chi connectivity index (χ0v) is 11.1. The van der Waals surface area contributed by atoms with E-state index in [-0.39, 0.29) is 11.8 Å². The number of hydrogen-bond acceptors (Lipinski definition) is 3. The summed E-state index contributed by atoms with van der Waals surface area (Å²) in [5, 5.41) is 2.73. The van der Waals surface area contributed by atoms with Crippen LogP contribution in [0.15, 0.2) is 18.2 Å². The van der Waals surface area contributed by atoms with Crippen molar-refractivity contribution in [3.8, 4) is 0 Å². The van der Waals surface area contributed by atoms with Gasteiger partial charge in [-0.05, 0) is 37.5 Å². The molecule has 1 aromatic carbocycles. The first-order valence-electron chi connectivity index (χ1n) is 6.44. The average Bonchev–Trinajstić information content (AvgIpc) is 2.41. The Morgan fingerprint density at radius 3 is 2.67 bits per heavy atom. The van der Waals surface area contributed by atoms with Crippen LogP contribution in [0.2, 0.25) is 0 Å². The van der Waals surface area contributed by atoms with Crippen LogP contribution >= 0.6 is 0 Å². The molecule has 1 fully saturated rings. The molecule has 4 nitrogen and oxygen atoms in total. The molecule has 0 bridgehead atoms. The number of nitrogens with zero attached hydrogens (tertiary/aromatic N) is 1. The predicted molar refractivity (Wildman–Crippen MR) is 74.6 cm³/mol. The van der Waals surface area contributed by atoms with Crippen LogP contribution in [0, 0.1) is 12.8 Å². The van der Waals surface area contributed by atoms with Gasteiger partial charge in [-0.1, -0.05) is 6.07 Å². The largest absolute Gasteiger partial charge is 0.397 e. The van der Waals surface area contributed by atoms with E-state index in [1.807, 2.05) is 12.1 Å². The monoisotopic (exact) mass is 247 g/mol. The third-order valence-electron chi connectivity index (χ3n) is 3.64. The molecule has 1 heterocycles. The first-order chi connectivity index (χ1) is 8.61. The van der Waals surface area contributed by atoms with Crippen molar-refractivity contribution >= 4 is 17.3 Å². The highest BCUT2D eigenvalue weighted by molar-refractivity contribution is 5.79. The number of rotatable bonds is 2. The van der Waals surface area contributed by atoms with Crippen molar-refractivity contribution in [3.63, 3.8) is 0 Å². The number of carbonyl (C=O) groups is 1. The van der Waals surface area contributed by atoms with Gasteiger partial charge in [0.25, 0.3) is 0 Å². The molecule has 0 spiro atoms. The Labute approximate surface area is 108 Å². The zero-order chi connectivity index (χ0) is 13.1. The molecule has 0 aliphatic carbocycles. The normalized spacial score (nSPS) is 16.7. The summed E-state index contributed by atoms with van der Waals surface area (Å²) in [5.74, 6) is 0.309. The number of nitrogen functional groups attached to an aromatic ring is 1. The van der Waals surface area contributed by atoms with E-state index in [1.165, 1.54) is 5.56 Å². The summed E-state index contributed by atoms with van der Waals surface area (Å²) in [4.78, 5) is 13.9. The fourth-order valence-corrected chi connectivity index (χ4v) is 2.51. The third kappa shape index (κ3) is 2.58. The van der Waals surface area contributed by atoms with E-state index in [4.69, 9.17) is 5.73 Å². The number of nitrogens with two attached hydrogens (primary N) is 1. The molecule has 0 aromatic heterocycles. The first-order valence-corrected chi connectivity index (χ1v) is 6.44. The van der Waals surface area contributed by atoms with Crippen LogP contribution in [-0.2, 0) is 4.79 Å². The number of benzene rings is 1. The fourth-order valence-electron chi connectivity index (χ4n) is 2.51. The summed E-state index contributed by atoms with van der Waals surface area (Å²) in [6.07, 6.45) is 1.79. The van der Waals surface area contributed by atoms with Crippen molar-refractivity contribution < 1.29 is 4.79 Å². The topological polar surface area (TPSA) is 58.4 Å². The van der Waals surface area contributed by atoms with E-state index >= 15 is 0 Å². The van der Waals surface area contributed by atoms with E-state index in [1.54, 1.807) is 7.05 Å². The summed E-state index contributed by atoms with van der Waals surface area (Å²) in [6.45, 7) is 3.86. The van der Waals surface area contributed by atoms with Crippen LogP contribution < -0.4 is 16.0 Å². The second kappa shape index (κ2) is 5.29. The minimum atomic E-state index is 0.150. The van der Waals surface area contributed by atoms with Crippen molar-refractivity contribution in [1.82, 2.24) is 5.32 Å². The molecule has 1 saturated heterocycles. The highest BCUT2D eigenvalue weighted by Crippen LogP contribution is 2.28. The number of anilines is 2. The summed E-state index contributed by atoms with van der Waals surface area (Å²) < 4.78 is 0. The molecule has 1 aliphatic heterocycles. The van der Waals surface area contributed by atoms with Crippen LogP contribution in [0.4, 0.5) is 11.4 Å². The van der Waals surface area contributed by atoms with Gasteiger partial charge in [0.15, 0.2) is 0 Å². The molecule has 2 rings (SSSR count). The third-order valence-corrected chi connectivity index (χ3v) is 3.64. The second-order valence-corrected chi connectivity index (χ2v) is 4.94. The van der Waals surface area contributed by atoms with Gasteiger partial charge in [0.1, 0.15) is 0 Å². The maximum Gasteiger partial charge on any atom is 0.222 e. The molecule has 98 valence electrons. The smallest absolute Gasteiger partial charge is 0.222 e. The Kier molecular flexibility index (Phi) is 3.75. The first kappa shape index (κ1) is 12.7. The van der Waals surface area contributed by atoms with Crippen molar-refractivity contribution in [2.45, 2.75) is 19.8 Å². The predicted octanol–water partition coefficient (Wildman–Crippen LogP) is 1.54. The SMILES string of the molecule is CNC(=O)C1CCN(c2cc(C)ccc2N)CC1. The second-order valence-electron chi connectivity index (χ2n) is 4.94. The van der Waals surface area contributed by atoms with E-state index in [9.17, 15) is 4.79 Å². The summed E-state index contributed by atoms with van der Waals surface area (Å²) in [6, 6.07) is 6.10. The van der Waals surface area contributed by atoms with Crippen molar-refractivity contribution in [3.05, 3.63) is 23.8 Å². The number of aryl methyl sites for hydroxylation is 1. The van der Waals surface area contributed by atoms with Crippen molar-refractivity contribution in [2.24, 2.45) is 5.92 Å². The minimum absolute atomic E-state index is 0.150. The lowest BCUT2D eigenvalue weighted by atomic mass is 9.95. The van der Waals surface area contributed by atoms with Gasteiger partial charge in [0.05, 0.1) is 11.4 Å². The molecule has 1 aliphatic rings. The number of carbonyl (C=O) groups excluding carboxylic acids is 1. The van der Waals surface area contributed by atoms with E-state index in [0.717, 1.165) is 37.3 Å². The molecule has 0 unspecified atom stereocenters. The van der Waals surface area contributed by atoms with Gasteiger partial charge in [-0.3, -0.25) is 4.79 Å². The minimum Gasteiger partial charge on any atom is -0.397 e. The number of nitrogens with one attached hydrogen (secondary N) is 1. The molecule has 3 N–H and O–H groups in total. The van der Waals surface area contributed by atoms with Crippen molar-refractivity contribution in [2.75, 3.05) is 30.8 Å². The van der Waals surface area contributed by atoms with Crippen molar-refractivity contribution in [1.29, 1.82) is 0 Å². The Hall–Kier alpha value is -1.71. The molecule has 0 radical (unpaired) electrons. The molecule has 1 amide bonds. The molecule has 1 aromatic rings. The number of amides is 1. The maximum absolute atomic E-state index is 11.6. The van der Waals surface area contributed by atoms with E-state index in [0.29, 0.717) is 0 Å². The summed E-state index contributed by atoms with van der Waals surface area (Å²) in [7, 11) is 1.70. The zero-order valence-electron chi connectivity index (χ0n) is 11.1. The Morgan fingerprint density at radius 2 is 2.06 bits per heavy atom. The van der Waals surface area contributed by atoms with Crippen LogP contribution in [0.5, 0.6) is 0 Å². The summed E-state index contributed by atoms with van der Waals surface area (Å²) in [5.41, 5.74) is 9.16. The maximum atomic E-state index is 11.6. The van der Waals surface area contributed by atoms with Gasteiger partial charge in [-0.15, -0.1) is 0 Å². The molecule has 18 heavy (non-hydrogen) atoms. The highest BCUT2D eigenvalue weighted by Gasteiger charge is 2.24. The van der Waals surface area contributed by atoms with Crippen LogP contribution in [0.3, 0.4) is 0 Å². The highest BCUT2D eigenvalue weighted by atomic mass is 16.1.